The summed E-state index contributed by atoms with van der Waals surface area (Å²) in [5, 5.41) is 10.5. The van der Waals surface area contributed by atoms with Gasteiger partial charge < -0.3 is 5.73 Å². The molecule has 4 nitrogen and oxygen atoms in total. The first-order valence-corrected chi connectivity index (χ1v) is 3.88. The molecule has 0 aliphatic carbocycles. The fourth-order valence-corrected chi connectivity index (χ4v) is 1.09. The van der Waals surface area contributed by atoms with Crippen LogP contribution in [0, 0.1) is 15.9 Å². The molecular formula is C9H9FN2O2. The van der Waals surface area contributed by atoms with Gasteiger partial charge in [0.05, 0.1) is 16.5 Å². The van der Waals surface area contributed by atoms with E-state index in [0.717, 1.165) is 18.2 Å². The Balaban J connectivity index is 3.29. The summed E-state index contributed by atoms with van der Waals surface area (Å²) in [5.41, 5.74) is 5.45. The number of nitro groups is 1. The van der Waals surface area contributed by atoms with Crippen LogP contribution in [-0.2, 0) is 0 Å². The maximum Gasteiger partial charge on any atom is 0.274 e. The zero-order valence-corrected chi connectivity index (χ0v) is 7.31. The lowest BCUT2D eigenvalue weighted by Gasteiger charge is -2.06. The van der Waals surface area contributed by atoms with Crippen molar-refractivity contribution < 1.29 is 9.31 Å². The maximum absolute atomic E-state index is 12.8. The fourth-order valence-electron chi connectivity index (χ4n) is 1.09. The number of nitrogens with two attached hydrogens (primary N) is 1. The van der Waals surface area contributed by atoms with Crippen molar-refractivity contribution in [3.8, 4) is 0 Å². The maximum atomic E-state index is 12.8. The van der Waals surface area contributed by atoms with Crippen LogP contribution in [0.3, 0.4) is 0 Å². The molecule has 0 spiro atoms. The summed E-state index contributed by atoms with van der Waals surface area (Å²) in [6.07, 6.45) is 1.32. The SMILES string of the molecule is C=C[C@H](N)c1cc(F)ccc1[N+](=O)[O-]. The van der Waals surface area contributed by atoms with Gasteiger partial charge in [-0.15, -0.1) is 6.58 Å². The van der Waals surface area contributed by atoms with Gasteiger partial charge in [-0.25, -0.2) is 4.39 Å². The molecule has 0 aliphatic rings. The third-order valence-corrected chi connectivity index (χ3v) is 1.80. The molecule has 1 rings (SSSR count). The van der Waals surface area contributed by atoms with Crippen LogP contribution >= 0.6 is 0 Å². The first-order valence-electron chi connectivity index (χ1n) is 3.88. The molecule has 0 aromatic heterocycles. The van der Waals surface area contributed by atoms with Gasteiger partial charge in [0.1, 0.15) is 5.82 Å². The summed E-state index contributed by atoms with van der Waals surface area (Å²) in [6, 6.07) is 2.43. The first-order chi connectivity index (χ1) is 6.56. The highest BCUT2D eigenvalue weighted by Crippen LogP contribution is 2.24. The topological polar surface area (TPSA) is 69.2 Å². The van der Waals surface area contributed by atoms with Crippen molar-refractivity contribution in [3.05, 3.63) is 52.3 Å². The molecule has 14 heavy (non-hydrogen) atoms. The van der Waals surface area contributed by atoms with Crippen LogP contribution in [0.15, 0.2) is 30.9 Å². The molecule has 0 saturated carbocycles. The zero-order valence-electron chi connectivity index (χ0n) is 7.31. The third-order valence-electron chi connectivity index (χ3n) is 1.80. The van der Waals surface area contributed by atoms with Gasteiger partial charge in [-0.3, -0.25) is 10.1 Å². The fraction of sp³-hybridized carbons (Fsp3) is 0.111. The van der Waals surface area contributed by atoms with Crippen LogP contribution < -0.4 is 5.73 Å². The van der Waals surface area contributed by atoms with Gasteiger partial charge in [0.15, 0.2) is 0 Å². The van der Waals surface area contributed by atoms with Crippen LogP contribution in [-0.4, -0.2) is 4.92 Å². The Bertz CT molecular complexity index is 379. The molecule has 74 valence electrons. The normalized spacial score (nSPS) is 12.1. The van der Waals surface area contributed by atoms with Gasteiger partial charge in [-0.2, -0.15) is 0 Å². The van der Waals surface area contributed by atoms with Gasteiger partial charge in [-0.1, -0.05) is 6.08 Å². The van der Waals surface area contributed by atoms with E-state index in [1.807, 2.05) is 0 Å². The van der Waals surface area contributed by atoms with E-state index in [0.29, 0.717) is 0 Å². The highest BCUT2D eigenvalue weighted by atomic mass is 19.1. The monoisotopic (exact) mass is 196 g/mol. The molecular weight excluding hydrogens is 187 g/mol. The molecule has 1 aromatic carbocycles. The predicted octanol–water partition coefficient (Wildman–Crippen LogP) is 1.92. The molecule has 2 N–H and O–H groups in total. The van der Waals surface area contributed by atoms with Crippen molar-refractivity contribution in [3.63, 3.8) is 0 Å². The average molecular weight is 196 g/mol. The number of hydrogen-bond acceptors (Lipinski definition) is 3. The molecule has 0 unspecified atom stereocenters. The first kappa shape index (κ1) is 10.3. The number of benzene rings is 1. The van der Waals surface area contributed by atoms with Crippen LogP contribution in [0.2, 0.25) is 0 Å². The van der Waals surface area contributed by atoms with E-state index in [-0.39, 0.29) is 11.3 Å². The molecule has 0 heterocycles. The summed E-state index contributed by atoms with van der Waals surface area (Å²) in [4.78, 5) is 9.95. The van der Waals surface area contributed by atoms with Crippen molar-refractivity contribution in [2.75, 3.05) is 0 Å². The van der Waals surface area contributed by atoms with Gasteiger partial charge in [-0.05, 0) is 12.1 Å². The van der Waals surface area contributed by atoms with E-state index in [1.54, 1.807) is 0 Å². The molecule has 1 aromatic rings. The number of nitrogens with zero attached hydrogens (tertiary/aromatic N) is 1. The lowest BCUT2D eigenvalue weighted by molar-refractivity contribution is -0.385. The second-order valence-corrected chi connectivity index (χ2v) is 2.72. The summed E-state index contributed by atoms with van der Waals surface area (Å²) in [7, 11) is 0. The number of rotatable bonds is 3. The summed E-state index contributed by atoms with van der Waals surface area (Å²) in [5.74, 6) is -0.553. The molecule has 0 saturated heterocycles. The molecule has 0 radical (unpaired) electrons. The minimum atomic E-state index is -0.730. The Morgan fingerprint density at radius 3 is 2.79 bits per heavy atom. The average Bonchev–Trinajstić information content (AvgIpc) is 2.16. The highest BCUT2D eigenvalue weighted by Gasteiger charge is 2.17. The Morgan fingerprint density at radius 1 is 1.64 bits per heavy atom. The second-order valence-electron chi connectivity index (χ2n) is 2.72. The van der Waals surface area contributed by atoms with Crippen molar-refractivity contribution >= 4 is 5.69 Å². The molecule has 0 aliphatic heterocycles. The van der Waals surface area contributed by atoms with Crippen LogP contribution in [0.4, 0.5) is 10.1 Å². The van der Waals surface area contributed by atoms with Crippen LogP contribution in [0.1, 0.15) is 11.6 Å². The third kappa shape index (κ3) is 1.94. The Hall–Kier alpha value is -1.75. The van der Waals surface area contributed by atoms with E-state index in [9.17, 15) is 14.5 Å². The predicted molar refractivity (Wildman–Crippen MR) is 50.2 cm³/mol. The number of halogens is 1. The van der Waals surface area contributed by atoms with Crippen LogP contribution in [0.5, 0.6) is 0 Å². The van der Waals surface area contributed by atoms with Crippen molar-refractivity contribution in [2.24, 2.45) is 5.73 Å². The van der Waals surface area contributed by atoms with Crippen molar-refractivity contribution in [2.45, 2.75) is 6.04 Å². The summed E-state index contributed by atoms with van der Waals surface area (Å²) >= 11 is 0. The minimum Gasteiger partial charge on any atom is -0.321 e. The minimum absolute atomic E-state index is 0.130. The Morgan fingerprint density at radius 2 is 2.29 bits per heavy atom. The van der Waals surface area contributed by atoms with Gasteiger partial charge in [0, 0.05) is 6.07 Å². The molecule has 0 amide bonds. The van der Waals surface area contributed by atoms with E-state index in [4.69, 9.17) is 5.73 Å². The lowest BCUT2D eigenvalue weighted by atomic mass is 10.1. The molecule has 1 atom stereocenters. The zero-order chi connectivity index (χ0) is 10.7. The Kier molecular flexibility index (Phi) is 2.93. The molecule has 0 bridgehead atoms. The largest absolute Gasteiger partial charge is 0.321 e. The van der Waals surface area contributed by atoms with E-state index >= 15 is 0 Å². The molecule has 0 fully saturated rings. The van der Waals surface area contributed by atoms with E-state index in [2.05, 4.69) is 6.58 Å². The van der Waals surface area contributed by atoms with Gasteiger partial charge in [0.25, 0.3) is 5.69 Å². The summed E-state index contributed by atoms with van der Waals surface area (Å²) in [6.45, 7) is 3.40. The lowest BCUT2D eigenvalue weighted by Crippen LogP contribution is -2.09. The van der Waals surface area contributed by atoms with E-state index in [1.165, 1.54) is 6.08 Å². The summed E-state index contributed by atoms with van der Waals surface area (Å²) < 4.78 is 12.8. The standard InChI is InChI=1S/C9H9FN2O2/c1-2-8(11)7-5-6(10)3-4-9(7)12(13)14/h2-5,8H,1,11H2/t8-/m0/s1. The smallest absolute Gasteiger partial charge is 0.274 e. The van der Waals surface area contributed by atoms with E-state index < -0.39 is 16.8 Å². The van der Waals surface area contributed by atoms with Gasteiger partial charge >= 0.3 is 0 Å². The number of nitro benzene ring substituents is 1. The molecule has 5 heteroatoms. The van der Waals surface area contributed by atoms with Crippen LogP contribution in [0.25, 0.3) is 0 Å². The quantitative estimate of drug-likeness (QED) is 0.456. The second kappa shape index (κ2) is 3.97. The van der Waals surface area contributed by atoms with Gasteiger partial charge in [0.2, 0.25) is 0 Å². The highest BCUT2D eigenvalue weighted by molar-refractivity contribution is 5.43. The van der Waals surface area contributed by atoms with Crippen molar-refractivity contribution in [1.29, 1.82) is 0 Å². The Labute approximate surface area is 80.0 Å². The number of hydrogen-bond donors (Lipinski definition) is 1. The van der Waals surface area contributed by atoms with Crippen molar-refractivity contribution in [1.82, 2.24) is 0 Å².